The van der Waals surface area contributed by atoms with Crippen molar-refractivity contribution in [3.63, 3.8) is 0 Å². The monoisotopic (exact) mass is 272 g/mol. The first-order chi connectivity index (χ1) is 9.01. The van der Waals surface area contributed by atoms with E-state index in [0.717, 1.165) is 6.42 Å². The molecule has 19 heavy (non-hydrogen) atoms. The van der Waals surface area contributed by atoms with E-state index in [9.17, 15) is 9.59 Å². The van der Waals surface area contributed by atoms with E-state index in [1.54, 1.807) is 9.80 Å². The third-order valence-electron chi connectivity index (χ3n) is 3.59. The molecule has 1 fully saturated rings. The number of amides is 2. The number of hydrogen-bond acceptors (Lipinski definition) is 3. The van der Waals surface area contributed by atoms with Crippen LogP contribution in [0.25, 0.3) is 0 Å². The van der Waals surface area contributed by atoms with E-state index < -0.39 is 5.97 Å². The van der Waals surface area contributed by atoms with Gasteiger partial charge in [0.15, 0.2) is 0 Å². The van der Waals surface area contributed by atoms with E-state index >= 15 is 0 Å². The van der Waals surface area contributed by atoms with Crippen molar-refractivity contribution in [1.82, 2.24) is 9.80 Å². The zero-order chi connectivity index (χ0) is 14.4. The van der Waals surface area contributed by atoms with Crippen LogP contribution in [0.2, 0.25) is 0 Å². The first-order valence-electron chi connectivity index (χ1n) is 6.88. The van der Waals surface area contributed by atoms with Crippen molar-refractivity contribution < 1.29 is 19.4 Å². The highest BCUT2D eigenvalue weighted by atomic mass is 16.5. The number of aliphatic carboxylic acids is 1. The van der Waals surface area contributed by atoms with Gasteiger partial charge in [-0.25, -0.2) is 4.79 Å². The van der Waals surface area contributed by atoms with E-state index in [2.05, 4.69) is 0 Å². The van der Waals surface area contributed by atoms with Gasteiger partial charge >= 0.3 is 12.0 Å². The Bertz CT molecular complexity index is 322. The first kappa shape index (κ1) is 15.8. The molecule has 1 heterocycles. The minimum atomic E-state index is -0.903. The minimum Gasteiger partial charge on any atom is -0.481 e. The zero-order valence-electron chi connectivity index (χ0n) is 12.0. The molecule has 0 aliphatic carbocycles. The summed E-state index contributed by atoms with van der Waals surface area (Å²) in [7, 11) is 0. The van der Waals surface area contributed by atoms with E-state index in [-0.39, 0.29) is 24.5 Å². The molecule has 0 aromatic heterocycles. The Morgan fingerprint density at radius 1 is 1.47 bits per heavy atom. The molecule has 1 aliphatic heterocycles. The van der Waals surface area contributed by atoms with Gasteiger partial charge in [-0.15, -0.1) is 0 Å². The Balaban J connectivity index is 2.77. The van der Waals surface area contributed by atoms with Gasteiger partial charge < -0.3 is 19.6 Å². The number of rotatable bonds is 5. The standard InChI is InChI=1S/C13H24N2O4/c1-4-10(3)14(5-2)13(18)15-6-7-19-9-11(15)8-12(16)17/h10-11H,4-9H2,1-3H3,(H,16,17). The number of carboxylic acids is 1. The Hall–Kier alpha value is -1.30. The number of carbonyl (C=O) groups is 2. The van der Waals surface area contributed by atoms with Gasteiger partial charge in [0.05, 0.1) is 25.7 Å². The van der Waals surface area contributed by atoms with Crippen LogP contribution in [-0.4, -0.2) is 65.3 Å². The van der Waals surface area contributed by atoms with Gasteiger partial charge in [0, 0.05) is 19.1 Å². The summed E-state index contributed by atoms with van der Waals surface area (Å²) in [6.45, 7) is 7.85. The largest absolute Gasteiger partial charge is 0.481 e. The molecule has 2 atom stereocenters. The average Bonchev–Trinajstić information content (AvgIpc) is 2.39. The molecule has 1 saturated heterocycles. The summed E-state index contributed by atoms with van der Waals surface area (Å²) >= 11 is 0. The second kappa shape index (κ2) is 7.33. The van der Waals surface area contributed by atoms with Gasteiger partial charge in [0.1, 0.15) is 0 Å². The number of hydrogen-bond donors (Lipinski definition) is 1. The lowest BCUT2D eigenvalue weighted by molar-refractivity contribution is -0.139. The molecule has 2 unspecified atom stereocenters. The third-order valence-corrected chi connectivity index (χ3v) is 3.59. The summed E-state index contributed by atoms with van der Waals surface area (Å²) in [6, 6.07) is -0.283. The lowest BCUT2D eigenvalue weighted by Crippen LogP contribution is -2.55. The Kier molecular flexibility index (Phi) is 6.08. The van der Waals surface area contributed by atoms with Crippen LogP contribution in [0.3, 0.4) is 0 Å². The van der Waals surface area contributed by atoms with Gasteiger partial charge in [0.25, 0.3) is 0 Å². The van der Waals surface area contributed by atoms with E-state index in [1.165, 1.54) is 0 Å². The lowest BCUT2D eigenvalue weighted by atomic mass is 10.1. The summed E-state index contributed by atoms with van der Waals surface area (Å²) in [6.07, 6.45) is 0.817. The van der Waals surface area contributed by atoms with Crippen LogP contribution in [0.1, 0.15) is 33.6 Å². The van der Waals surface area contributed by atoms with Crippen LogP contribution in [-0.2, 0) is 9.53 Å². The van der Waals surface area contributed by atoms with Crippen molar-refractivity contribution >= 4 is 12.0 Å². The topological polar surface area (TPSA) is 70.1 Å². The first-order valence-corrected chi connectivity index (χ1v) is 6.88. The maximum Gasteiger partial charge on any atom is 0.320 e. The number of carbonyl (C=O) groups excluding carboxylic acids is 1. The molecule has 110 valence electrons. The fourth-order valence-corrected chi connectivity index (χ4v) is 2.30. The van der Waals surface area contributed by atoms with E-state index in [1.807, 2.05) is 20.8 Å². The summed E-state index contributed by atoms with van der Waals surface area (Å²) < 4.78 is 5.29. The minimum absolute atomic E-state index is 0.0657. The molecule has 6 heteroatoms. The lowest BCUT2D eigenvalue weighted by Gasteiger charge is -2.39. The van der Waals surface area contributed by atoms with Crippen molar-refractivity contribution in [2.24, 2.45) is 0 Å². The summed E-state index contributed by atoms with van der Waals surface area (Å²) in [5, 5.41) is 8.91. The Labute approximate surface area is 114 Å². The molecule has 0 radical (unpaired) electrons. The normalized spacial score (nSPS) is 21.0. The van der Waals surface area contributed by atoms with Crippen LogP contribution in [0, 0.1) is 0 Å². The highest BCUT2D eigenvalue weighted by Gasteiger charge is 2.32. The summed E-state index contributed by atoms with van der Waals surface area (Å²) in [4.78, 5) is 26.8. The molecule has 0 spiro atoms. The summed E-state index contributed by atoms with van der Waals surface area (Å²) in [5.41, 5.74) is 0. The Morgan fingerprint density at radius 3 is 2.68 bits per heavy atom. The molecule has 0 aromatic rings. The maximum absolute atomic E-state index is 12.5. The average molecular weight is 272 g/mol. The van der Waals surface area contributed by atoms with Crippen molar-refractivity contribution in [3.05, 3.63) is 0 Å². The van der Waals surface area contributed by atoms with Crippen LogP contribution >= 0.6 is 0 Å². The second-order valence-electron chi connectivity index (χ2n) is 4.85. The van der Waals surface area contributed by atoms with Crippen molar-refractivity contribution in [1.29, 1.82) is 0 Å². The number of carboxylic acid groups (broad SMARTS) is 1. The molecule has 1 rings (SSSR count). The van der Waals surface area contributed by atoms with Gasteiger partial charge in [-0.05, 0) is 20.3 Å². The SMILES string of the molecule is CCC(C)N(CC)C(=O)N1CCOCC1CC(=O)O. The molecule has 0 saturated carbocycles. The number of ether oxygens (including phenoxy) is 1. The quantitative estimate of drug-likeness (QED) is 0.821. The third kappa shape index (κ3) is 4.09. The number of morpholine rings is 1. The van der Waals surface area contributed by atoms with E-state index in [0.29, 0.717) is 26.3 Å². The van der Waals surface area contributed by atoms with Crippen molar-refractivity contribution in [2.75, 3.05) is 26.3 Å². The van der Waals surface area contributed by atoms with Crippen LogP contribution in [0.4, 0.5) is 4.79 Å². The van der Waals surface area contributed by atoms with Gasteiger partial charge in [0.2, 0.25) is 0 Å². The molecule has 1 aliphatic rings. The predicted octanol–water partition coefficient (Wildman–Crippen LogP) is 1.40. The maximum atomic E-state index is 12.5. The van der Waals surface area contributed by atoms with Gasteiger partial charge in [-0.3, -0.25) is 4.79 Å². The molecule has 2 amide bonds. The molecule has 6 nitrogen and oxygen atoms in total. The van der Waals surface area contributed by atoms with Gasteiger partial charge in [-0.2, -0.15) is 0 Å². The smallest absolute Gasteiger partial charge is 0.320 e. The number of urea groups is 1. The van der Waals surface area contributed by atoms with Crippen LogP contribution < -0.4 is 0 Å². The predicted molar refractivity (Wildman–Crippen MR) is 71.1 cm³/mol. The fraction of sp³-hybridized carbons (Fsp3) is 0.846. The van der Waals surface area contributed by atoms with E-state index in [4.69, 9.17) is 9.84 Å². The second-order valence-corrected chi connectivity index (χ2v) is 4.85. The highest BCUT2D eigenvalue weighted by Crippen LogP contribution is 2.16. The number of nitrogens with zero attached hydrogens (tertiary/aromatic N) is 2. The Morgan fingerprint density at radius 2 is 2.16 bits per heavy atom. The molecule has 1 N–H and O–H groups in total. The van der Waals surface area contributed by atoms with Crippen molar-refractivity contribution in [3.8, 4) is 0 Å². The fourth-order valence-electron chi connectivity index (χ4n) is 2.30. The molecule has 0 aromatic carbocycles. The summed E-state index contributed by atoms with van der Waals surface area (Å²) in [5.74, 6) is -0.903. The van der Waals surface area contributed by atoms with Gasteiger partial charge in [-0.1, -0.05) is 6.92 Å². The van der Waals surface area contributed by atoms with Crippen molar-refractivity contribution in [2.45, 2.75) is 45.7 Å². The van der Waals surface area contributed by atoms with Crippen LogP contribution in [0.5, 0.6) is 0 Å². The zero-order valence-corrected chi connectivity index (χ0v) is 12.0. The molecular formula is C13H24N2O4. The van der Waals surface area contributed by atoms with Crippen LogP contribution in [0.15, 0.2) is 0 Å². The molecule has 0 bridgehead atoms. The highest BCUT2D eigenvalue weighted by molar-refractivity contribution is 5.76. The molecular weight excluding hydrogens is 248 g/mol.